The predicted molar refractivity (Wildman–Crippen MR) is 132 cm³/mol. The molecule has 1 fully saturated rings. The lowest BCUT2D eigenvalue weighted by Gasteiger charge is -2.34. The second kappa shape index (κ2) is 10.2. The molecule has 7 nitrogen and oxygen atoms in total. The molecule has 2 aromatic carbocycles. The summed E-state index contributed by atoms with van der Waals surface area (Å²) in [6, 6.07) is 15.8. The minimum Gasteiger partial charge on any atom is -0.494 e. The molecule has 0 bridgehead atoms. The van der Waals surface area contributed by atoms with Gasteiger partial charge in [0.25, 0.3) is 0 Å². The second-order valence-corrected chi connectivity index (χ2v) is 9.42. The zero-order valence-electron chi connectivity index (χ0n) is 19.4. The van der Waals surface area contributed by atoms with Gasteiger partial charge in [0.15, 0.2) is 5.13 Å². The number of rotatable bonds is 6. The van der Waals surface area contributed by atoms with Crippen LogP contribution in [0, 0.1) is 5.92 Å². The number of piperidine rings is 1. The lowest BCUT2D eigenvalue weighted by molar-refractivity contribution is -0.123. The summed E-state index contributed by atoms with van der Waals surface area (Å²) in [5.41, 5.74) is 1.91. The monoisotopic (exact) mass is 466 g/mol. The molecule has 0 aliphatic carbocycles. The fourth-order valence-corrected chi connectivity index (χ4v) is 5.09. The Morgan fingerprint density at radius 2 is 1.85 bits per heavy atom. The standard InChI is InChI=1S/C25H30N4O3S/c1-4-32-20-10-11-21-22(16-20)33-24(26-21)29(17-18-8-6-5-7-9-18)23(30)19-12-14-28(15-13-19)25(31)27(2)3/h5-11,16,19H,4,12-15,17H2,1-3H3. The van der Waals surface area contributed by atoms with Gasteiger partial charge in [-0.15, -0.1) is 0 Å². The Bertz CT molecular complexity index is 1110. The Morgan fingerprint density at radius 3 is 2.52 bits per heavy atom. The van der Waals surface area contributed by atoms with Crippen molar-refractivity contribution in [2.45, 2.75) is 26.3 Å². The molecule has 0 spiro atoms. The van der Waals surface area contributed by atoms with E-state index in [4.69, 9.17) is 9.72 Å². The molecule has 0 saturated carbocycles. The average molecular weight is 467 g/mol. The first-order valence-electron chi connectivity index (χ1n) is 11.3. The van der Waals surface area contributed by atoms with Crippen LogP contribution in [-0.2, 0) is 11.3 Å². The Hall–Kier alpha value is -3.13. The van der Waals surface area contributed by atoms with Gasteiger partial charge in [0.05, 0.1) is 23.4 Å². The molecular formula is C25H30N4O3S. The maximum absolute atomic E-state index is 13.7. The van der Waals surface area contributed by atoms with Crippen LogP contribution in [0.5, 0.6) is 5.75 Å². The van der Waals surface area contributed by atoms with Crippen LogP contribution < -0.4 is 9.64 Å². The number of carbonyl (C=O) groups excluding carboxylic acids is 2. The van der Waals surface area contributed by atoms with Crippen molar-refractivity contribution in [1.82, 2.24) is 14.8 Å². The quantitative estimate of drug-likeness (QED) is 0.532. The van der Waals surface area contributed by atoms with E-state index >= 15 is 0 Å². The van der Waals surface area contributed by atoms with Crippen LogP contribution in [0.15, 0.2) is 48.5 Å². The van der Waals surface area contributed by atoms with Gasteiger partial charge in [0.2, 0.25) is 5.91 Å². The number of likely N-dealkylation sites (tertiary alicyclic amines) is 1. The number of nitrogens with zero attached hydrogens (tertiary/aromatic N) is 4. The van der Waals surface area contributed by atoms with Crippen LogP contribution in [0.3, 0.4) is 0 Å². The molecule has 1 saturated heterocycles. The molecule has 0 N–H and O–H groups in total. The second-order valence-electron chi connectivity index (χ2n) is 8.41. The highest BCUT2D eigenvalue weighted by Gasteiger charge is 2.32. The van der Waals surface area contributed by atoms with E-state index in [1.807, 2.05) is 65.3 Å². The number of carbonyl (C=O) groups is 2. The van der Waals surface area contributed by atoms with Gasteiger partial charge in [-0.2, -0.15) is 0 Å². The van der Waals surface area contributed by atoms with Crippen molar-refractivity contribution >= 4 is 38.6 Å². The van der Waals surface area contributed by atoms with Crippen molar-refractivity contribution in [1.29, 1.82) is 0 Å². The number of hydrogen-bond donors (Lipinski definition) is 0. The van der Waals surface area contributed by atoms with E-state index in [1.54, 1.807) is 19.0 Å². The summed E-state index contributed by atoms with van der Waals surface area (Å²) in [5.74, 6) is 0.741. The molecule has 4 rings (SSSR count). The number of aromatic nitrogens is 1. The van der Waals surface area contributed by atoms with Gasteiger partial charge in [-0.1, -0.05) is 41.7 Å². The minimum atomic E-state index is -0.133. The third-order valence-electron chi connectivity index (χ3n) is 5.84. The molecule has 0 atom stereocenters. The van der Waals surface area contributed by atoms with E-state index in [2.05, 4.69) is 0 Å². The number of fused-ring (bicyclic) bond motifs is 1. The topological polar surface area (TPSA) is 66.0 Å². The third-order valence-corrected chi connectivity index (χ3v) is 6.88. The van der Waals surface area contributed by atoms with E-state index < -0.39 is 0 Å². The maximum atomic E-state index is 13.7. The molecule has 33 heavy (non-hydrogen) atoms. The highest BCUT2D eigenvalue weighted by molar-refractivity contribution is 7.22. The van der Waals surface area contributed by atoms with Crippen molar-refractivity contribution in [2.24, 2.45) is 5.92 Å². The summed E-state index contributed by atoms with van der Waals surface area (Å²) in [6.07, 6.45) is 1.31. The highest BCUT2D eigenvalue weighted by Crippen LogP contribution is 2.34. The number of thiazole rings is 1. The van der Waals surface area contributed by atoms with Crippen LogP contribution in [0.1, 0.15) is 25.3 Å². The minimum absolute atomic E-state index is 0.00156. The number of anilines is 1. The summed E-state index contributed by atoms with van der Waals surface area (Å²) in [4.78, 5) is 36.0. The van der Waals surface area contributed by atoms with E-state index in [1.165, 1.54) is 11.3 Å². The molecule has 3 aromatic rings. The van der Waals surface area contributed by atoms with Gasteiger partial charge in [-0.05, 0) is 43.5 Å². The lowest BCUT2D eigenvalue weighted by atomic mass is 9.95. The van der Waals surface area contributed by atoms with Crippen LogP contribution in [0.2, 0.25) is 0 Å². The van der Waals surface area contributed by atoms with Crippen LogP contribution in [0.4, 0.5) is 9.93 Å². The van der Waals surface area contributed by atoms with Crippen LogP contribution in [0.25, 0.3) is 10.2 Å². The number of amides is 3. The highest BCUT2D eigenvalue weighted by atomic mass is 32.1. The largest absolute Gasteiger partial charge is 0.494 e. The molecule has 3 amide bonds. The zero-order valence-corrected chi connectivity index (χ0v) is 20.2. The van der Waals surface area contributed by atoms with Crippen molar-refractivity contribution < 1.29 is 14.3 Å². The van der Waals surface area contributed by atoms with Crippen molar-refractivity contribution in [3.63, 3.8) is 0 Å². The van der Waals surface area contributed by atoms with E-state index in [0.717, 1.165) is 21.5 Å². The zero-order chi connectivity index (χ0) is 23.4. The van der Waals surface area contributed by atoms with Gasteiger partial charge in [-0.3, -0.25) is 9.69 Å². The summed E-state index contributed by atoms with van der Waals surface area (Å²) < 4.78 is 6.62. The maximum Gasteiger partial charge on any atom is 0.319 e. The smallest absolute Gasteiger partial charge is 0.319 e. The summed E-state index contributed by atoms with van der Waals surface area (Å²) in [6.45, 7) is 4.20. The van der Waals surface area contributed by atoms with Crippen LogP contribution >= 0.6 is 11.3 Å². The number of hydrogen-bond acceptors (Lipinski definition) is 5. The first-order valence-corrected chi connectivity index (χ1v) is 12.1. The Labute approximate surface area is 198 Å². The first kappa shape index (κ1) is 23.0. The normalized spacial score (nSPS) is 14.3. The lowest BCUT2D eigenvalue weighted by Crippen LogP contribution is -2.47. The Morgan fingerprint density at radius 1 is 1.12 bits per heavy atom. The van der Waals surface area contributed by atoms with Gasteiger partial charge in [0.1, 0.15) is 5.75 Å². The summed E-state index contributed by atoms with van der Waals surface area (Å²) in [7, 11) is 3.51. The van der Waals surface area contributed by atoms with Gasteiger partial charge < -0.3 is 14.5 Å². The van der Waals surface area contributed by atoms with Gasteiger partial charge in [0, 0.05) is 33.1 Å². The Kier molecular flexibility index (Phi) is 7.13. The number of benzene rings is 2. The summed E-state index contributed by atoms with van der Waals surface area (Å²) in [5, 5.41) is 0.694. The van der Waals surface area contributed by atoms with E-state index in [9.17, 15) is 9.59 Å². The SMILES string of the molecule is CCOc1ccc2nc(N(Cc3ccccc3)C(=O)C3CCN(C(=O)N(C)C)CC3)sc2c1. The molecule has 1 aliphatic rings. The fourth-order valence-electron chi connectivity index (χ4n) is 4.09. The van der Waals surface area contributed by atoms with Crippen molar-refractivity contribution in [2.75, 3.05) is 38.7 Å². The molecule has 8 heteroatoms. The first-order chi connectivity index (χ1) is 16.0. The third kappa shape index (κ3) is 5.27. The van der Waals surface area contributed by atoms with Crippen molar-refractivity contribution in [3.8, 4) is 5.75 Å². The molecule has 0 unspecified atom stereocenters. The average Bonchev–Trinajstić information content (AvgIpc) is 3.25. The summed E-state index contributed by atoms with van der Waals surface area (Å²) >= 11 is 1.51. The van der Waals surface area contributed by atoms with Gasteiger partial charge in [-0.25, -0.2) is 9.78 Å². The van der Waals surface area contributed by atoms with Gasteiger partial charge >= 0.3 is 6.03 Å². The molecule has 1 aromatic heterocycles. The van der Waals surface area contributed by atoms with E-state index in [-0.39, 0.29) is 17.9 Å². The van der Waals surface area contributed by atoms with Crippen molar-refractivity contribution in [3.05, 3.63) is 54.1 Å². The predicted octanol–water partition coefficient (Wildman–Crippen LogP) is 4.62. The van der Waals surface area contributed by atoms with E-state index in [0.29, 0.717) is 44.2 Å². The molecule has 1 aliphatic heterocycles. The van der Waals surface area contributed by atoms with Crippen LogP contribution in [-0.4, -0.2) is 60.5 Å². The molecule has 0 radical (unpaired) electrons. The Balaban J connectivity index is 1.58. The number of ether oxygens (including phenoxy) is 1. The molecular weight excluding hydrogens is 436 g/mol. The molecule has 2 heterocycles. The fraction of sp³-hybridized carbons (Fsp3) is 0.400. The number of urea groups is 1. The molecule has 174 valence electrons.